The van der Waals surface area contributed by atoms with Crippen molar-refractivity contribution >= 4 is 15.9 Å². The number of nitrogens with one attached hydrogen (secondary N) is 1. The third-order valence-corrected chi connectivity index (χ3v) is 3.91. The van der Waals surface area contributed by atoms with Crippen LogP contribution in [0.15, 0.2) is 28.7 Å². The van der Waals surface area contributed by atoms with Gasteiger partial charge in [0.1, 0.15) is 0 Å². The summed E-state index contributed by atoms with van der Waals surface area (Å²) in [5.41, 5.74) is 1.35. The van der Waals surface area contributed by atoms with Crippen LogP contribution in [0.3, 0.4) is 0 Å². The van der Waals surface area contributed by atoms with Crippen LogP contribution in [0, 0.1) is 5.92 Å². The molecule has 0 fully saturated rings. The molecule has 0 radical (unpaired) electrons. The number of rotatable bonds is 9. The van der Waals surface area contributed by atoms with E-state index >= 15 is 0 Å². The molecule has 0 saturated heterocycles. The summed E-state index contributed by atoms with van der Waals surface area (Å²) in [6.45, 7) is 10.6. The normalized spacial score (nSPS) is 14.5. The van der Waals surface area contributed by atoms with E-state index in [0.29, 0.717) is 12.0 Å². The molecule has 0 amide bonds. The van der Waals surface area contributed by atoms with Gasteiger partial charge in [-0.3, -0.25) is 0 Å². The van der Waals surface area contributed by atoms with Crippen LogP contribution >= 0.6 is 15.9 Å². The van der Waals surface area contributed by atoms with Crippen molar-refractivity contribution in [1.82, 2.24) is 5.32 Å². The Morgan fingerprint density at radius 3 is 2.55 bits per heavy atom. The van der Waals surface area contributed by atoms with Gasteiger partial charge in [-0.25, -0.2) is 0 Å². The number of halogens is 1. The quantitative estimate of drug-likeness (QED) is 0.717. The molecule has 0 aliphatic rings. The molecule has 0 heterocycles. The maximum atomic E-state index is 5.99. The van der Waals surface area contributed by atoms with Gasteiger partial charge in [-0.1, -0.05) is 48.8 Å². The van der Waals surface area contributed by atoms with E-state index in [1.54, 1.807) is 0 Å². The summed E-state index contributed by atoms with van der Waals surface area (Å²) in [6.07, 6.45) is 2.40. The summed E-state index contributed by atoms with van der Waals surface area (Å²) in [6, 6.07) is 8.92. The maximum Gasteiger partial charge on any atom is 0.0753 e. The summed E-state index contributed by atoms with van der Waals surface area (Å²) in [7, 11) is 0. The lowest BCUT2D eigenvalue weighted by Gasteiger charge is -2.31. The summed E-state index contributed by atoms with van der Waals surface area (Å²) < 4.78 is 7.13. The molecule has 114 valence electrons. The highest BCUT2D eigenvalue weighted by molar-refractivity contribution is 9.10. The van der Waals surface area contributed by atoms with Crippen LogP contribution in [0.1, 0.15) is 39.7 Å². The van der Waals surface area contributed by atoms with Crippen LogP contribution in [0.5, 0.6) is 0 Å². The molecular formula is C17H28BrNO. The lowest BCUT2D eigenvalue weighted by molar-refractivity contribution is 0.00362. The Labute approximate surface area is 132 Å². The zero-order valence-electron chi connectivity index (χ0n) is 13.2. The van der Waals surface area contributed by atoms with Crippen molar-refractivity contribution in [2.75, 3.05) is 13.2 Å². The summed E-state index contributed by atoms with van der Waals surface area (Å²) in [4.78, 5) is 0. The van der Waals surface area contributed by atoms with E-state index in [4.69, 9.17) is 4.74 Å². The molecule has 0 bridgehead atoms. The van der Waals surface area contributed by atoms with Crippen LogP contribution in [0.4, 0.5) is 0 Å². The minimum absolute atomic E-state index is 0.255. The Hall–Kier alpha value is -0.380. The second kappa shape index (κ2) is 9.54. The van der Waals surface area contributed by atoms with E-state index in [-0.39, 0.29) is 6.10 Å². The van der Waals surface area contributed by atoms with Crippen molar-refractivity contribution in [3.8, 4) is 0 Å². The summed E-state index contributed by atoms with van der Waals surface area (Å²) in [5.74, 6) is 0.511. The molecule has 0 spiro atoms. The number of ether oxygens (including phenoxy) is 1. The average molecular weight is 342 g/mol. The second-order valence-electron chi connectivity index (χ2n) is 5.56. The number of benzene rings is 1. The molecule has 1 aromatic rings. The SMILES string of the molecule is CCCNC(Cc1cccc(Br)c1)C(OCC)C(C)C. The summed E-state index contributed by atoms with van der Waals surface area (Å²) >= 11 is 3.55. The van der Waals surface area contributed by atoms with Crippen molar-refractivity contribution in [2.45, 2.75) is 52.7 Å². The molecule has 0 aromatic heterocycles. The first-order valence-electron chi connectivity index (χ1n) is 7.67. The Kier molecular flexibility index (Phi) is 8.43. The molecule has 1 rings (SSSR count). The standard InChI is InChI=1S/C17H28BrNO/c1-5-10-19-16(17(13(3)4)20-6-2)12-14-8-7-9-15(18)11-14/h7-9,11,13,16-17,19H,5-6,10,12H2,1-4H3. The van der Waals surface area contributed by atoms with Gasteiger partial charge in [-0.2, -0.15) is 0 Å². The first-order valence-corrected chi connectivity index (χ1v) is 8.47. The molecule has 0 aliphatic carbocycles. The lowest BCUT2D eigenvalue weighted by Crippen LogP contribution is -2.46. The van der Waals surface area contributed by atoms with Crippen molar-refractivity contribution in [2.24, 2.45) is 5.92 Å². The van der Waals surface area contributed by atoms with Crippen LogP contribution < -0.4 is 5.32 Å². The van der Waals surface area contributed by atoms with Crippen LogP contribution in [-0.4, -0.2) is 25.3 Å². The fourth-order valence-corrected chi connectivity index (χ4v) is 2.96. The number of hydrogen-bond acceptors (Lipinski definition) is 2. The monoisotopic (exact) mass is 341 g/mol. The minimum atomic E-state index is 0.255. The largest absolute Gasteiger partial charge is 0.377 e. The maximum absolute atomic E-state index is 5.99. The highest BCUT2D eigenvalue weighted by Crippen LogP contribution is 2.18. The Morgan fingerprint density at radius 2 is 2.00 bits per heavy atom. The summed E-state index contributed by atoms with van der Waals surface area (Å²) in [5, 5.41) is 3.66. The van der Waals surface area contributed by atoms with Crippen LogP contribution in [0.25, 0.3) is 0 Å². The minimum Gasteiger partial charge on any atom is -0.377 e. The van der Waals surface area contributed by atoms with Gasteiger partial charge in [0.25, 0.3) is 0 Å². The van der Waals surface area contributed by atoms with E-state index < -0.39 is 0 Å². The van der Waals surface area contributed by atoms with E-state index in [1.165, 1.54) is 5.56 Å². The van der Waals surface area contributed by atoms with E-state index in [9.17, 15) is 0 Å². The van der Waals surface area contributed by atoms with Gasteiger partial charge >= 0.3 is 0 Å². The first kappa shape index (κ1) is 17.7. The van der Waals surface area contributed by atoms with Gasteiger partial charge in [0, 0.05) is 17.1 Å². The molecule has 2 nitrogen and oxygen atoms in total. The fraction of sp³-hybridized carbons (Fsp3) is 0.647. The van der Waals surface area contributed by atoms with Gasteiger partial charge in [0.05, 0.1) is 6.10 Å². The van der Waals surface area contributed by atoms with Gasteiger partial charge < -0.3 is 10.1 Å². The van der Waals surface area contributed by atoms with E-state index in [0.717, 1.165) is 30.5 Å². The molecule has 0 aliphatic heterocycles. The Balaban J connectivity index is 2.81. The zero-order valence-corrected chi connectivity index (χ0v) is 14.7. The third kappa shape index (κ3) is 5.94. The average Bonchev–Trinajstić information content (AvgIpc) is 2.41. The third-order valence-electron chi connectivity index (χ3n) is 3.41. The van der Waals surface area contributed by atoms with Gasteiger partial charge in [-0.05, 0) is 49.9 Å². The molecule has 2 unspecified atom stereocenters. The first-order chi connectivity index (χ1) is 9.58. The van der Waals surface area contributed by atoms with Gasteiger partial charge in [-0.15, -0.1) is 0 Å². The zero-order chi connectivity index (χ0) is 15.0. The van der Waals surface area contributed by atoms with Gasteiger partial charge in [0.15, 0.2) is 0 Å². The highest BCUT2D eigenvalue weighted by Gasteiger charge is 2.24. The van der Waals surface area contributed by atoms with Crippen LogP contribution in [0.2, 0.25) is 0 Å². The number of hydrogen-bond donors (Lipinski definition) is 1. The van der Waals surface area contributed by atoms with Crippen molar-refractivity contribution < 1.29 is 4.74 Å². The smallest absolute Gasteiger partial charge is 0.0753 e. The molecule has 2 atom stereocenters. The molecular weight excluding hydrogens is 314 g/mol. The van der Waals surface area contributed by atoms with Crippen LogP contribution in [-0.2, 0) is 11.2 Å². The van der Waals surface area contributed by atoms with Crippen molar-refractivity contribution in [3.05, 3.63) is 34.3 Å². The molecule has 1 N–H and O–H groups in total. The van der Waals surface area contributed by atoms with E-state index in [1.807, 2.05) is 0 Å². The Bertz CT molecular complexity index is 381. The molecule has 1 aromatic carbocycles. The molecule has 3 heteroatoms. The second-order valence-corrected chi connectivity index (χ2v) is 6.47. The Morgan fingerprint density at radius 1 is 1.25 bits per heavy atom. The van der Waals surface area contributed by atoms with E-state index in [2.05, 4.69) is 73.2 Å². The lowest BCUT2D eigenvalue weighted by atomic mass is 9.93. The van der Waals surface area contributed by atoms with Crippen molar-refractivity contribution in [1.29, 1.82) is 0 Å². The topological polar surface area (TPSA) is 21.3 Å². The highest BCUT2D eigenvalue weighted by atomic mass is 79.9. The van der Waals surface area contributed by atoms with Crippen molar-refractivity contribution in [3.63, 3.8) is 0 Å². The predicted octanol–water partition coefficient (Wildman–Crippen LogP) is 4.42. The fourth-order valence-electron chi connectivity index (χ4n) is 2.52. The predicted molar refractivity (Wildman–Crippen MR) is 90.2 cm³/mol. The molecule has 20 heavy (non-hydrogen) atoms. The van der Waals surface area contributed by atoms with Gasteiger partial charge in [0.2, 0.25) is 0 Å². The molecule has 0 saturated carbocycles.